The quantitative estimate of drug-likeness (QED) is 0.502. The Labute approximate surface area is 170 Å². The van der Waals surface area contributed by atoms with E-state index in [9.17, 15) is 19.7 Å². The van der Waals surface area contributed by atoms with Crippen molar-refractivity contribution in [2.75, 3.05) is 4.90 Å². The van der Waals surface area contributed by atoms with Crippen LogP contribution in [0.1, 0.15) is 37.2 Å². The maximum absolute atomic E-state index is 13.1. The molecule has 0 saturated heterocycles. The number of carbonyl (C=O) groups is 2. The van der Waals surface area contributed by atoms with Crippen molar-refractivity contribution in [1.29, 1.82) is 0 Å². The molecule has 1 heterocycles. The van der Waals surface area contributed by atoms with Crippen molar-refractivity contribution >= 4 is 39.0 Å². The smallest absolute Gasteiger partial charge is 0.269 e. The van der Waals surface area contributed by atoms with E-state index in [-0.39, 0.29) is 23.8 Å². The summed E-state index contributed by atoms with van der Waals surface area (Å²) < 4.78 is 0.850. The van der Waals surface area contributed by atoms with Crippen LogP contribution >= 0.6 is 15.9 Å². The zero-order valence-electron chi connectivity index (χ0n) is 14.9. The van der Waals surface area contributed by atoms with Crippen LogP contribution in [0.15, 0.2) is 64.3 Å². The lowest BCUT2D eigenvalue weighted by atomic mass is 9.77. The minimum absolute atomic E-state index is 0.0188. The summed E-state index contributed by atoms with van der Waals surface area (Å²) in [6, 6.07) is 13.7. The van der Waals surface area contributed by atoms with Crippen LogP contribution < -0.4 is 4.90 Å². The number of non-ortho nitro benzene ring substituents is 1. The molecule has 2 aliphatic rings. The number of benzene rings is 2. The van der Waals surface area contributed by atoms with Crippen molar-refractivity contribution in [2.24, 2.45) is 0 Å². The van der Waals surface area contributed by atoms with Crippen LogP contribution in [0.2, 0.25) is 0 Å². The second-order valence-electron chi connectivity index (χ2n) is 6.95. The van der Waals surface area contributed by atoms with Crippen molar-refractivity contribution < 1.29 is 14.5 Å². The first-order valence-electron chi connectivity index (χ1n) is 9.05. The number of amides is 1. The van der Waals surface area contributed by atoms with E-state index in [1.165, 1.54) is 12.1 Å². The van der Waals surface area contributed by atoms with Gasteiger partial charge in [0.2, 0.25) is 5.91 Å². The molecular weight excluding hydrogens is 424 g/mol. The largest absolute Gasteiger partial charge is 0.294 e. The number of Topliss-reactive ketones (excluding diaryl/α,β-unsaturated/α-hetero) is 1. The van der Waals surface area contributed by atoms with Crippen molar-refractivity contribution in [3.8, 4) is 0 Å². The third-order valence-electron chi connectivity index (χ3n) is 5.23. The molecule has 1 atom stereocenters. The van der Waals surface area contributed by atoms with E-state index in [1.807, 2.05) is 24.3 Å². The zero-order chi connectivity index (χ0) is 19.8. The minimum atomic E-state index is -0.458. The van der Waals surface area contributed by atoms with E-state index < -0.39 is 10.8 Å². The molecule has 0 radical (unpaired) electrons. The van der Waals surface area contributed by atoms with Crippen molar-refractivity contribution in [3.63, 3.8) is 0 Å². The van der Waals surface area contributed by atoms with Gasteiger partial charge in [-0.1, -0.05) is 34.1 Å². The number of anilines is 1. The Morgan fingerprint density at radius 3 is 2.61 bits per heavy atom. The second kappa shape index (κ2) is 7.31. The number of nitro benzene ring substituents is 1. The zero-order valence-corrected chi connectivity index (χ0v) is 16.5. The number of hydrogen-bond donors (Lipinski definition) is 0. The molecule has 0 aromatic heterocycles. The van der Waals surface area contributed by atoms with Crippen molar-refractivity contribution in [1.82, 2.24) is 0 Å². The Kier molecular flexibility index (Phi) is 4.85. The Morgan fingerprint density at radius 1 is 1.07 bits per heavy atom. The molecule has 1 aliphatic carbocycles. The summed E-state index contributed by atoms with van der Waals surface area (Å²) in [4.78, 5) is 38.3. The highest BCUT2D eigenvalue weighted by Crippen LogP contribution is 2.44. The first kappa shape index (κ1) is 18.6. The molecule has 7 heteroatoms. The summed E-state index contributed by atoms with van der Waals surface area (Å²) in [5.41, 5.74) is 2.66. The molecule has 0 spiro atoms. The topological polar surface area (TPSA) is 80.5 Å². The molecule has 6 nitrogen and oxygen atoms in total. The van der Waals surface area contributed by atoms with Crippen LogP contribution in [0, 0.1) is 10.1 Å². The Morgan fingerprint density at radius 2 is 1.86 bits per heavy atom. The highest BCUT2D eigenvalue weighted by Gasteiger charge is 2.40. The molecule has 2 aromatic rings. The summed E-state index contributed by atoms with van der Waals surface area (Å²) >= 11 is 3.43. The summed E-state index contributed by atoms with van der Waals surface area (Å²) in [5, 5.41) is 11.2. The van der Waals surface area contributed by atoms with Crippen LogP contribution in [0.4, 0.5) is 11.4 Å². The number of allylic oxidation sites excluding steroid dienone is 2. The highest BCUT2D eigenvalue weighted by molar-refractivity contribution is 9.10. The number of nitro groups is 1. The number of ketones is 1. The number of carbonyl (C=O) groups excluding carboxylic acids is 2. The number of nitrogens with zero attached hydrogens (tertiary/aromatic N) is 2. The van der Waals surface area contributed by atoms with Gasteiger partial charge in [0.25, 0.3) is 5.69 Å². The Hall–Kier alpha value is -2.80. The first-order valence-corrected chi connectivity index (χ1v) is 9.84. The predicted octanol–water partition coefficient (Wildman–Crippen LogP) is 4.88. The third kappa shape index (κ3) is 3.26. The van der Waals surface area contributed by atoms with E-state index >= 15 is 0 Å². The van der Waals surface area contributed by atoms with Gasteiger partial charge < -0.3 is 0 Å². The molecular formula is C21H17BrN2O4. The maximum Gasteiger partial charge on any atom is 0.269 e. The van der Waals surface area contributed by atoms with Crippen LogP contribution in [-0.4, -0.2) is 16.6 Å². The van der Waals surface area contributed by atoms with Gasteiger partial charge in [-0.3, -0.25) is 24.6 Å². The molecule has 0 saturated carbocycles. The van der Waals surface area contributed by atoms with Gasteiger partial charge in [0.05, 0.1) is 4.92 Å². The lowest BCUT2D eigenvalue weighted by Gasteiger charge is -2.38. The molecule has 142 valence electrons. The van der Waals surface area contributed by atoms with E-state index in [1.54, 1.807) is 17.0 Å². The molecule has 1 amide bonds. The van der Waals surface area contributed by atoms with Crippen LogP contribution in [0.25, 0.3) is 0 Å². The average molecular weight is 441 g/mol. The fraction of sp³-hybridized carbons (Fsp3) is 0.238. The molecule has 1 aliphatic heterocycles. The van der Waals surface area contributed by atoms with E-state index in [0.29, 0.717) is 30.4 Å². The molecule has 0 N–H and O–H groups in total. The lowest BCUT2D eigenvalue weighted by Crippen LogP contribution is -2.40. The Bertz CT molecular complexity index is 1030. The van der Waals surface area contributed by atoms with Crippen molar-refractivity contribution in [2.45, 2.75) is 31.6 Å². The summed E-state index contributed by atoms with van der Waals surface area (Å²) in [5.74, 6) is -0.535. The molecule has 0 bridgehead atoms. The Balaban J connectivity index is 1.86. The van der Waals surface area contributed by atoms with Gasteiger partial charge in [-0.2, -0.15) is 0 Å². The molecule has 0 fully saturated rings. The van der Waals surface area contributed by atoms with E-state index in [0.717, 1.165) is 15.9 Å². The average Bonchev–Trinajstić information content (AvgIpc) is 2.67. The van der Waals surface area contributed by atoms with E-state index in [4.69, 9.17) is 0 Å². The monoisotopic (exact) mass is 440 g/mol. The molecule has 4 rings (SSSR count). The summed E-state index contributed by atoms with van der Waals surface area (Å²) in [7, 11) is 0. The maximum atomic E-state index is 13.1. The SMILES string of the molecule is O=C1CCCC2=C1C(c1cccc([N+](=O)[O-])c1)CC(=O)N2c1cccc(Br)c1. The van der Waals surface area contributed by atoms with Gasteiger partial charge in [-0.15, -0.1) is 0 Å². The second-order valence-corrected chi connectivity index (χ2v) is 7.87. The lowest BCUT2D eigenvalue weighted by molar-refractivity contribution is -0.384. The van der Waals surface area contributed by atoms with Gasteiger partial charge in [-0.05, 0) is 36.6 Å². The van der Waals surface area contributed by atoms with Gasteiger partial charge >= 0.3 is 0 Å². The van der Waals surface area contributed by atoms with Gasteiger partial charge in [0.15, 0.2) is 5.78 Å². The van der Waals surface area contributed by atoms with Crippen LogP contribution in [-0.2, 0) is 9.59 Å². The number of halogens is 1. The fourth-order valence-corrected chi connectivity index (χ4v) is 4.43. The fourth-order valence-electron chi connectivity index (χ4n) is 4.05. The molecule has 28 heavy (non-hydrogen) atoms. The number of rotatable bonds is 3. The summed E-state index contributed by atoms with van der Waals surface area (Å²) in [6.07, 6.45) is 1.87. The van der Waals surface area contributed by atoms with Crippen LogP contribution in [0.3, 0.4) is 0 Å². The highest BCUT2D eigenvalue weighted by atomic mass is 79.9. The van der Waals surface area contributed by atoms with Gasteiger partial charge in [0.1, 0.15) is 0 Å². The first-order chi connectivity index (χ1) is 13.5. The predicted molar refractivity (Wildman–Crippen MR) is 108 cm³/mol. The van der Waals surface area contributed by atoms with Gasteiger partial charge in [-0.25, -0.2) is 0 Å². The van der Waals surface area contributed by atoms with Gasteiger partial charge in [0, 0.05) is 52.3 Å². The minimum Gasteiger partial charge on any atom is -0.294 e. The standard InChI is InChI=1S/C21H17BrN2O4/c22-14-5-2-6-15(11-14)23-18-8-3-9-19(25)21(18)17(12-20(23)26)13-4-1-7-16(10-13)24(27)28/h1-2,4-7,10-11,17H,3,8-9,12H2. The van der Waals surface area contributed by atoms with Crippen LogP contribution in [0.5, 0.6) is 0 Å². The summed E-state index contributed by atoms with van der Waals surface area (Å²) in [6.45, 7) is 0. The molecule has 2 aromatic carbocycles. The molecule has 1 unspecified atom stereocenters. The third-order valence-corrected chi connectivity index (χ3v) is 5.72. The number of hydrogen-bond acceptors (Lipinski definition) is 4. The van der Waals surface area contributed by atoms with E-state index in [2.05, 4.69) is 15.9 Å². The normalized spacial score (nSPS) is 19.6. The van der Waals surface area contributed by atoms with Crippen molar-refractivity contribution in [3.05, 3.63) is 80.0 Å².